The van der Waals surface area contributed by atoms with E-state index in [1.54, 1.807) is 0 Å². The standard InChI is InChI=1S/C15H21BrO2/c16-12-15(8-4-10-17-13-15)9-5-11-18-14-6-2-1-3-7-14/h1-3,6-7H,4-5,8-13H2. The quantitative estimate of drug-likeness (QED) is 0.583. The van der Waals surface area contributed by atoms with Gasteiger partial charge >= 0.3 is 0 Å². The van der Waals surface area contributed by atoms with Gasteiger partial charge < -0.3 is 9.47 Å². The highest BCUT2D eigenvalue weighted by molar-refractivity contribution is 9.09. The molecule has 1 aromatic carbocycles. The molecule has 0 saturated carbocycles. The molecule has 100 valence electrons. The number of benzene rings is 1. The molecule has 2 rings (SSSR count). The second-order valence-corrected chi connectivity index (χ2v) is 5.62. The summed E-state index contributed by atoms with van der Waals surface area (Å²) in [5, 5.41) is 1.03. The molecule has 1 heterocycles. The number of hydrogen-bond donors (Lipinski definition) is 0. The van der Waals surface area contributed by atoms with Crippen molar-refractivity contribution in [2.45, 2.75) is 25.7 Å². The maximum Gasteiger partial charge on any atom is 0.119 e. The fourth-order valence-electron chi connectivity index (χ4n) is 2.43. The van der Waals surface area contributed by atoms with Gasteiger partial charge in [0.2, 0.25) is 0 Å². The normalized spacial score (nSPS) is 23.8. The summed E-state index contributed by atoms with van der Waals surface area (Å²) in [6, 6.07) is 10.0. The first kappa shape index (κ1) is 13.9. The number of ether oxygens (including phenoxy) is 2. The van der Waals surface area contributed by atoms with E-state index in [9.17, 15) is 0 Å². The first-order valence-corrected chi connectivity index (χ1v) is 7.78. The third kappa shape index (κ3) is 3.99. The van der Waals surface area contributed by atoms with Gasteiger partial charge in [-0.05, 0) is 37.8 Å². The van der Waals surface area contributed by atoms with Crippen molar-refractivity contribution in [3.05, 3.63) is 30.3 Å². The zero-order valence-electron chi connectivity index (χ0n) is 10.7. The second-order valence-electron chi connectivity index (χ2n) is 5.05. The maximum absolute atomic E-state index is 5.73. The summed E-state index contributed by atoms with van der Waals surface area (Å²) in [4.78, 5) is 0. The highest BCUT2D eigenvalue weighted by atomic mass is 79.9. The molecule has 1 aromatic rings. The Balaban J connectivity index is 1.71. The van der Waals surface area contributed by atoms with Crippen LogP contribution in [0.3, 0.4) is 0 Å². The summed E-state index contributed by atoms with van der Waals surface area (Å²) >= 11 is 3.64. The van der Waals surface area contributed by atoms with E-state index in [1.807, 2.05) is 30.3 Å². The first-order chi connectivity index (χ1) is 8.85. The average Bonchev–Trinajstić information content (AvgIpc) is 2.46. The molecule has 3 heteroatoms. The van der Waals surface area contributed by atoms with Crippen LogP contribution in [0.1, 0.15) is 25.7 Å². The minimum Gasteiger partial charge on any atom is -0.494 e. The monoisotopic (exact) mass is 312 g/mol. The van der Waals surface area contributed by atoms with Crippen LogP contribution < -0.4 is 4.74 Å². The first-order valence-electron chi connectivity index (χ1n) is 6.66. The molecule has 1 fully saturated rings. The van der Waals surface area contributed by atoms with Crippen LogP contribution >= 0.6 is 15.9 Å². The van der Waals surface area contributed by atoms with Gasteiger partial charge in [-0.15, -0.1) is 0 Å². The Morgan fingerprint density at radius 1 is 1.28 bits per heavy atom. The summed E-state index contributed by atoms with van der Waals surface area (Å²) in [6.07, 6.45) is 4.71. The van der Waals surface area contributed by atoms with E-state index in [0.717, 1.165) is 37.3 Å². The molecule has 2 nitrogen and oxygen atoms in total. The summed E-state index contributed by atoms with van der Waals surface area (Å²) in [5.74, 6) is 0.963. The Morgan fingerprint density at radius 3 is 2.78 bits per heavy atom. The lowest BCUT2D eigenvalue weighted by Crippen LogP contribution is -2.33. The van der Waals surface area contributed by atoms with E-state index in [1.165, 1.54) is 19.3 Å². The smallest absolute Gasteiger partial charge is 0.119 e. The number of alkyl halides is 1. The number of hydrogen-bond acceptors (Lipinski definition) is 2. The van der Waals surface area contributed by atoms with E-state index >= 15 is 0 Å². The Labute approximate surface area is 118 Å². The van der Waals surface area contributed by atoms with Crippen LogP contribution in [0.2, 0.25) is 0 Å². The van der Waals surface area contributed by atoms with Crippen molar-refractivity contribution in [3.63, 3.8) is 0 Å². The van der Waals surface area contributed by atoms with Gasteiger partial charge in [-0.25, -0.2) is 0 Å². The molecule has 1 atom stereocenters. The summed E-state index contributed by atoms with van der Waals surface area (Å²) in [7, 11) is 0. The molecule has 0 N–H and O–H groups in total. The lowest BCUT2D eigenvalue weighted by Gasteiger charge is -2.35. The van der Waals surface area contributed by atoms with E-state index < -0.39 is 0 Å². The highest BCUT2D eigenvalue weighted by Gasteiger charge is 2.31. The van der Waals surface area contributed by atoms with Gasteiger partial charge in [-0.3, -0.25) is 0 Å². The Kier molecular flexibility index (Phi) is 5.51. The summed E-state index contributed by atoms with van der Waals surface area (Å²) in [5.41, 5.74) is 0.332. The van der Waals surface area contributed by atoms with Crippen LogP contribution in [0.15, 0.2) is 30.3 Å². The van der Waals surface area contributed by atoms with Crippen LogP contribution in [-0.2, 0) is 4.74 Å². The molecule has 1 saturated heterocycles. The number of para-hydroxylation sites is 1. The number of rotatable bonds is 6. The Bertz CT molecular complexity index is 334. The molecule has 1 aliphatic rings. The van der Waals surface area contributed by atoms with Crippen LogP contribution in [0.4, 0.5) is 0 Å². The van der Waals surface area contributed by atoms with Crippen molar-refractivity contribution < 1.29 is 9.47 Å². The van der Waals surface area contributed by atoms with Crippen molar-refractivity contribution in [2.24, 2.45) is 5.41 Å². The molecule has 0 bridgehead atoms. The zero-order valence-corrected chi connectivity index (χ0v) is 12.3. The minimum atomic E-state index is 0.332. The second kappa shape index (κ2) is 7.15. The average molecular weight is 313 g/mol. The van der Waals surface area contributed by atoms with E-state index in [4.69, 9.17) is 9.47 Å². The van der Waals surface area contributed by atoms with Gasteiger partial charge in [-0.1, -0.05) is 34.1 Å². The zero-order chi connectivity index (χ0) is 12.7. The number of halogens is 1. The third-order valence-electron chi connectivity index (χ3n) is 3.55. The predicted octanol–water partition coefficient (Wildman–Crippen LogP) is 4.04. The van der Waals surface area contributed by atoms with Crippen LogP contribution in [0, 0.1) is 5.41 Å². The molecular formula is C15H21BrO2. The van der Waals surface area contributed by atoms with Crippen LogP contribution in [-0.4, -0.2) is 25.2 Å². The van der Waals surface area contributed by atoms with Crippen LogP contribution in [0.5, 0.6) is 5.75 Å². The van der Waals surface area contributed by atoms with E-state index in [2.05, 4.69) is 15.9 Å². The molecule has 0 aromatic heterocycles. The molecule has 0 aliphatic carbocycles. The van der Waals surface area contributed by atoms with Gasteiger partial charge in [0.05, 0.1) is 13.2 Å². The van der Waals surface area contributed by atoms with Gasteiger partial charge in [0.15, 0.2) is 0 Å². The van der Waals surface area contributed by atoms with Crippen molar-refractivity contribution in [1.29, 1.82) is 0 Å². The molecule has 0 amide bonds. The van der Waals surface area contributed by atoms with E-state index in [0.29, 0.717) is 5.41 Å². The maximum atomic E-state index is 5.73. The fraction of sp³-hybridized carbons (Fsp3) is 0.600. The SMILES string of the molecule is BrCC1(CCCOc2ccccc2)CCCOC1. The summed E-state index contributed by atoms with van der Waals surface area (Å²) in [6.45, 7) is 2.61. The van der Waals surface area contributed by atoms with Gasteiger partial charge in [0.25, 0.3) is 0 Å². The molecular weight excluding hydrogens is 292 g/mol. The van der Waals surface area contributed by atoms with Gasteiger partial charge in [0.1, 0.15) is 5.75 Å². The van der Waals surface area contributed by atoms with Crippen molar-refractivity contribution >= 4 is 15.9 Å². The van der Waals surface area contributed by atoms with E-state index in [-0.39, 0.29) is 0 Å². The van der Waals surface area contributed by atoms with Gasteiger partial charge in [-0.2, -0.15) is 0 Å². The molecule has 1 unspecified atom stereocenters. The predicted molar refractivity (Wildman–Crippen MR) is 77.5 cm³/mol. The molecule has 0 radical (unpaired) electrons. The third-order valence-corrected chi connectivity index (χ3v) is 4.74. The van der Waals surface area contributed by atoms with Crippen molar-refractivity contribution in [3.8, 4) is 5.75 Å². The summed E-state index contributed by atoms with van der Waals surface area (Å²) < 4.78 is 11.4. The molecule has 0 spiro atoms. The lowest BCUT2D eigenvalue weighted by molar-refractivity contribution is -0.00101. The van der Waals surface area contributed by atoms with Crippen molar-refractivity contribution in [1.82, 2.24) is 0 Å². The fourth-order valence-corrected chi connectivity index (χ4v) is 3.16. The minimum absolute atomic E-state index is 0.332. The van der Waals surface area contributed by atoms with Gasteiger partial charge in [0, 0.05) is 17.4 Å². The Morgan fingerprint density at radius 2 is 2.11 bits per heavy atom. The largest absolute Gasteiger partial charge is 0.494 e. The van der Waals surface area contributed by atoms with Crippen LogP contribution in [0.25, 0.3) is 0 Å². The molecule has 18 heavy (non-hydrogen) atoms. The molecule has 1 aliphatic heterocycles. The highest BCUT2D eigenvalue weighted by Crippen LogP contribution is 2.35. The lowest BCUT2D eigenvalue weighted by atomic mass is 9.80. The topological polar surface area (TPSA) is 18.5 Å². The Hall–Kier alpha value is -0.540. The van der Waals surface area contributed by atoms with Crippen molar-refractivity contribution in [2.75, 3.05) is 25.2 Å².